The van der Waals surface area contributed by atoms with Crippen molar-refractivity contribution in [2.75, 3.05) is 0 Å². The normalized spacial score (nSPS) is 11.6. The predicted octanol–water partition coefficient (Wildman–Crippen LogP) is 1.86. The standard InChI is InChI=1S/C13H20N2O2.ClH/c1-9(2)17-12-6-4-11(5-7-12)8-15-13(16)10(3)14;/h4-7,9-10H,8,14H2,1-3H3,(H,15,16);1H. The molecule has 0 aliphatic heterocycles. The van der Waals surface area contributed by atoms with Crippen LogP contribution < -0.4 is 15.8 Å². The Balaban J connectivity index is 0.00000289. The summed E-state index contributed by atoms with van der Waals surface area (Å²) < 4.78 is 5.53. The fraction of sp³-hybridized carbons (Fsp3) is 0.462. The molecule has 0 saturated carbocycles. The number of carbonyl (C=O) groups is 1. The van der Waals surface area contributed by atoms with Crippen LogP contribution in [0.25, 0.3) is 0 Å². The Bertz CT molecular complexity index is 364. The Morgan fingerprint density at radius 2 is 1.83 bits per heavy atom. The molecule has 1 rings (SSSR count). The zero-order valence-corrected chi connectivity index (χ0v) is 11.8. The molecule has 1 amide bonds. The third kappa shape index (κ3) is 5.89. The fourth-order valence-corrected chi connectivity index (χ4v) is 1.31. The Hall–Kier alpha value is -1.26. The molecule has 0 spiro atoms. The second-order valence-electron chi connectivity index (χ2n) is 4.32. The summed E-state index contributed by atoms with van der Waals surface area (Å²) in [6, 6.07) is 7.18. The molecule has 1 aromatic carbocycles. The van der Waals surface area contributed by atoms with Crippen LogP contribution in [0.3, 0.4) is 0 Å². The molecule has 0 fully saturated rings. The monoisotopic (exact) mass is 272 g/mol. The van der Waals surface area contributed by atoms with Gasteiger partial charge in [0.05, 0.1) is 12.1 Å². The van der Waals surface area contributed by atoms with Crippen LogP contribution in [-0.2, 0) is 11.3 Å². The minimum atomic E-state index is -0.474. The number of rotatable bonds is 5. The van der Waals surface area contributed by atoms with Crippen molar-refractivity contribution in [3.8, 4) is 5.75 Å². The molecule has 0 aromatic heterocycles. The van der Waals surface area contributed by atoms with Gasteiger partial charge < -0.3 is 15.8 Å². The maximum atomic E-state index is 11.3. The van der Waals surface area contributed by atoms with Crippen LogP contribution in [0, 0.1) is 0 Å². The molecule has 1 atom stereocenters. The highest BCUT2D eigenvalue weighted by Gasteiger charge is 2.06. The maximum Gasteiger partial charge on any atom is 0.236 e. The topological polar surface area (TPSA) is 64.3 Å². The van der Waals surface area contributed by atoms with E-state index in [1.807, 2.05) is 38.1 Å². The molecule has 3 N–H and O–H groups in total. The molecule has 18 heavy (non-hydrogen) atoms. The van der Waals surface area contributed by atoms with Crippen molar-refractivity contribution in [3.05, 3.63) is 29.8 Å². The average molecular weight is 273 g/mol. The van der Waals surface area contributed by atoms with E-state index in [0.29, 0.717) is 6.54 Å². The molecule has 1 aromatic rings. The van der Waals surface area contributed by atoms with Crippen LogP contribution in [-0.4, -0.2) is 18.1 Å². The number of hydrogen-bond acceptors (Lipinski definition) is 3. The number of hydrogen-bond donors (Lipinski definition) is 2. The van der Waals surface area contributed by atoms with Gasteiger partial charge in [-0.2, -0.15) is 0 Å². The number of halogens is 1. The van der Waals surface area contributed by atoms with Crippen LogP contribution in [0.15, 0.2) is 24.3 Å². The third-order valence-electron chi connectivity index (χ3n) is 2.18. The van der Waals surface area contributed by atoms with Crippen LogP contribution in [0.4, 0.5) is 0 Å². The zero-order chi connectivity index (χ0) is 12.8. The van der Waals surface area contributed by atoms with Gasteiger partial charge in [-0.1, -0.05) is 12.1 Å². The first-order valence-electron chi connectivity index (χ1n) is 5.78. The minimum absolute atomic E-state index is 0. The van der Waals surface area contributed by atoms with E-state index < -0.39 is 6.04 Å². The van der Waals surface area contributed by atoms with Crippen molar-refractivity contribution >= 4 is 18.3 Å². The second kappa shape index (κ2) is 7.95. The van der Waals surface area contributed by atoms with Gasteiger partial charge in [-0.05, 0) is 38.5 Å². The number of nitrogens with two attached hydrogens (primary N) is 1. The lowest BCUT2D eigenvalue weighted by Gasteiger charge is -2.11. The lowest BCUT2D eigenvalue weighted by atomic mass is 10.2. The van der Waals surface area contributed by atoms with Crippen LogP contribution >= 0.6 is 12.4 Å². The predicted molar refractivity (Wildman–Crippen MR) is 75.0 cm³/mol. The van der Waals surface area contributed by atoms with Crippen molar-refractivity contribution in [2.45, 2.75) is 39.5 Å². The van der Waals surface area contributed by atoms with Crippen LogP contribution in [0.5, 0.6) is 5.75 Å². The lowest BCUT2D eigenvalue weighted by molar-refractivity contribution is -0.122. The van der Waals surface area contributed by atoms with Gasteiger partial charge in [0.15, 0.2) is 0 Å². The maximum absolute atomic E-state index is 11.3. The molecule has 1 unspecified atom stereocenters. The van der Waals surface area contributed by atoms with E-state index in [0.717, 1.165) is 11.3 Å². The molecule has 5 heteroatoms. The van der Waals surface area contributed by atoms with E-state index in [1.165, 1.54) is 0 Å². The molecular weight excluding hydrogens is 252 g/mol. The molecule has 0 aliphatic carbocycles. The van der Waals surface area contributed by atoms with Crippen molar-refractivity contribution < 1.29 is 9.53 Å². The fourth-order valence-electron chi connectivity index (χ4n) is 1.31. The summed E-state index contributed by atoms with van der Waals surface area (Å²) in [7, 11) is 0. The molecule has 0 radical (unpaired) electrons. The molecule has 0 bridgehead atoms. The van der Waals surface area contributed by atoms with Crippen molar-refractivity contribution in [3.63, 3.8) is 0 Å². The second-order valence-corrected chi connectivity index (χ2v) is 4.32. The molecule has 0 saturated heterocycles. The summed E-state index contributed by atoms with van der Waals surface area (Å²) in [5.41, 5.74) is 6.47. The van der Waals surface area contributed by atoms with E-state index in [1.54, 1.807) is 6.92 Å². The largest absolute Gasteiger partial charge is 0.491 e. The van der Waals surface area contributed by atoms with Gasteiger partial charge >= 0.3 is 0 Å². The SMILES string of the molecule is CC(C)Oc1ccc(CNC(=O)C(C)N)cc1.Cl. The van der Waals surface area contributed by atoms with Gasteiger partial charge in [0.1, 0.15) is 5.75 Å². The highest BCUT2D eigenvalue weighted by molar-refractivity contribution is 5.85. The highest BCUT2D eigenvalue weighted by Crippen LogP contribution is 2.13. The van der Waals surface area contributed by atoms with E-state index in [-0.39, 0.29) is 24.4 Å². The summed E-state index contributed by atoms with van der Waals surface area (Å²) in [5, 5.41) is 2.75. The lowest BCUT2D eigenvalue weighted by Crippen LogP contribution is -2.37. The van der Waals surface area contributed by atoms with Crippen molar-refractivity contribution in [2.24, 2.45) is 5.73 Å². The number of amides is 1. The van der Waals surface area contributed by atoms with Crippen LogP contribution in [0.1, 0.15) is 26.3 Å². The molecular formula is C13H21ClN2O2. The summed E-state index contributed by atoms with van der Waals surface area (Å²) in [5.74, 6) is 0.690. The van der Waals surface area contributed by atoms with Gasteiger partial charge in [0, 0.05) is 6.54 Å². The van der Waals surface area contributed by atoms with E-state index in [2.05, 4.69) is 5.32 Å². The van der Waals surface area contributed by atoms with E-state index in [4.69, 9.17) is 10.5 Å². The van der Waals surface area contributed by atoms with Gasteiger partial charge in [-0.15, -0.1) is 12.4 Å². The summed E-state index contributed by atoms with van der Waals surface area (Å²) in [4.78, 5) is 11.3. The van der Waals surface area contributed by atoms with Gasteiger partial charge in [-0.3, -0.25) is 4.79 Å². The summed E-state index contributed by atoms with van der Waals surface area (Å²) in [6.45, 7) is 6.12. The Morgan fingerprint density at radius 3 is 2.28 bits per heavy atom. The average Bonchev–Trinajstić information content (AvgIpc) is 2.26. The number of ether oxygens (including phenoxy) is 1. The molecule has 102 valence electrons. The van der Waals surface area contributed by atoms with Crippen LogP contribution in [0.2, 0.25) is 0 Å². The van der Waals surface area contributed by atoms with Crippen molar-refractivity contribution in [1.82, 2.24) is 5.32 Å². The molecule has 0 aliphatic rings. The first-order valence-corrected chi connectivity index (χ1v) is 5.78. The highest BCUT2D eigenvalue weighted by atomic mass is 35.5. The van der Waals surface area contributed by atoms with Gasteiger partial charge in [0.25, 0.3) is 0 Å². The Morgan fingerprint density at radius 1 is 1.28 bits per heavy atom. The Kier molecular flexibility index (Phi) is 7.39. The smallest absolute Gasteiger partial charge is 0.236 e. The number of benzene rings is 1. The van der Waals surface area contributed by atoms with Gasteiger partial charge in [-0.25, -0.2) is 0 Å². The van der Waals surface area contributed by atoms with E-state index in [9.17, 15) is 4.79 Å². The third-order valence-corrected chi connectivity index (χ3v) is 2.18. The first-order chi connectivity index (χ1) is 7.99. The number of nitrogens with one attached hydrogen (secondary N) is 1. The summed E-state index contributed by atoms with van der Waals surface area (Å²) in [6.07, 6.45) is 0.165. The summed E-state index contributed by atoms with van der Waals surface area (Å²) >= 11 is 0. The molecule has 4 nitrogen and oxygen atoms in total. The van der Waals surface area contributed by atoms with E-state index >= 15 is 0 Å². The van der Waals surface area contributed by atoms with Crippen molar-refractivity contribution in [1.29, 1.82) is 0 Å². The van der Waals surface area contributed by atoms with Gasteiger partial charge in [0.2, 0.25) is 5.91 Å². The quantitative estimate of drug-likeness (QED) is 0.860. The minimum Gasteiger partial charge on any atom is -0.491 e. The number of carbonyl (C=O) groups excluding carboxylic acids is 1. The Labute approximate surface area is 114 Å². The molecule has 0 heterocycles. The zero-order valence-electron chi connectivity index (χ0n) is 11.0. The first kappa shape index (κ1) is 16.7.